The number of hydrogen-bond donors (Lipinski definition) is 3. The molecule has 3 N–H and O–H groups in total. The number of nitrogens with zero attached hydrogens (tertiary/aromatic N) is 3. The number of nitrogens with one attached hydrogen (secondary N) is 2. The van der Waals surface area contributed by atoms with Crippen LogP contribution in [0.1, 0.15) is 19.3 Å². The molecular formula is C14H13N5O3. The van der Waals surface area contributed by atoms with E-state index >= 15 is 0 Å². The maximum absolute atomic E-state index is 12.4. The summed E-state index contributed by atoms with van der Waals surface area (Å²) in [5.41, 5.74) is 0.234. The Morgan fingerprint density at radius 1 is 1.23 bits per heavy atom. The van der Waals surface area contributed by atoms with Gasteiger partial charge in [-0.25, -0.2) is 0 Å². The van der Waals surface area contributed by atoms with Crippen LogP contribution in [0.3, 0.4) is 0 Å². The fourth-order valence-electron chi connectivity index (χ4n) is 3.54. The monoisotopic (exact) mass is 299 g/mol. The van der Waals surface area contributed by atoms with Crippen molar-refractivity contribution in [2.24, 2.45) is 10.8 Å². The average Bonchev–Trinajstić information content (AvgIpc) is 2.88. The number of rotatable bonds is 4. The zero-order valence-electron chi connectivity index (χ0n) is 11.5. The lowest BCUT2D eigenvalue weighted by atomic mass is 9.35. The van der Waals surface area contributed by atoms with E-state index in [1.165, 1.54) is 0 Å². The molecule has 1 amide bonds. The molecule has 0 radical (unpaired) electrons. The highest BCUT2D eigenvalue weighted by Gasteiger charge is 2.75. The summed E-state index contributed by atoms with van der Waals surface area (Å²) >= 11 is 0. The molecule has 3 saturated carbocycles. The summed E-state index contributed by atoms with van der Waals surface area (Å²) in [7, 11) is 0. The molecule has 0 atom stereocenters. The number of benzene rings is 1. The summed E-state index contributed by atoms with van der Waals surface area (Å²) in [6.45, 7) is 0. The minimum atomic E-state index is -0.790. The van der Waals surface area contributed by atoms with Gasteiger partial charge in [0.25, 0.3) is 0 Å². The largest absolute Gasteiger partial charge is 0.481 e. The van der Waals surface area contributed by atoms with Crippen molar-refractivity contribution in [3.63, 3.8) is 0 Å². The van der Waals surface area contributed by atoms with Gasteiger partial charge in [-0.1, -0.05) is 12.1 Å². The molecule has 0 saturated heterocycles. The van der Waals surface area contributed by atoms with Gasteiger partial charge in [0.2, 0.25) is 11.7 Å². The lowest BCUT2D eigenvalue weighted by molar-refractivity contribution is -0.217. The Kier molecular flexibility index (Phi) is 2.42. The third kappa shape index (κ3) is 1.66. The number of amides is 1. The number of tetrazole rings is 1. The third-order valence-electron chi connectivity index (χ3n) is 4.69. The maximum Gasteiger partial charge on any atom is 0.309 e. The maximum atomic E-state index is 12.4. The Bertz CT molecular complexity index is 751. The fourth-order valence-corrected chi connectivity index (χ4v) is 3.54. The van der Waals surface area contributed by atoms with E-state index in [0.29, 0.717) is 30.8 Å². The van der Waals surface area contributed by atoms with Crippen molar-refractivity contribution in [1.82, 2.24) is 20.6 Å². The van der Waals surface area contributed by atoms with Crippen LogP contribution in [0, 0.1) is 10.8 Å². The first-order valence-electron chi connectivity index (χ1n) is 6.92. The van der Waals surface area contributed by atoms with Gasteiger partial charge < -0.3 is 10.4 Å². The Balaban J connectivity index is 1.48. The highest BCUT2D eigenvalue weighted by Crippen LogP contribution is 2.73. The Morgan fingerprint density at radius 2 is 2.00 bits per heavy atom. The van der Waals surface area contributed by atoms with Crippen LogP contribution in [0.4, 0.5) is 5.69 Å². The summed E-state index contributed by atoms with van der Waals surface area (Å²) in [5.74, 6) is -0.450. The van der Waals surface area contributed by atoms with Gasteiger partial charge in [0, 0.05) is 11.3 Å². The number of aliphatic carboxylic acids is 1. The van der Waals surface area contributed by atoms with Crippen molar-refractivity contribution < 1.29 is 14.7 Å². The fraction of sp³-hybridized carbons (Fsp3) is 0.357. The standard InChI is InChI=1S/C14H13N5O3/c20-11(13-5-14(6-13,7-13)12(21)22)15-9-3-1-2-8(4-9)10-16-18-19-17-10/h1-4H,5-7H2,(H,15,20)(H,21,22)(H,16,17,18,19). The van der Waals surface area contributed by atoms with Gasteiger partial charge in [-0.15, -0.1) is 10.2 Å². The normalized spacial score (nSPS) is 28.4. The van der Waals surface area contributed by atoms with Gasteiger partial charge in [0.1, 0.15) is 0 Å². The molecule has 3 aliphatic carbocycles. The van der Waals surface area contributed by atoms with Crippen LogP contribution in [0.15, 0.2) is 24.3 Å². The van der Waals surface area contributed by atoms with E-state index in [-0.39, 0.29) is 5.91 Å². The van der Waals surface area contributed by atoms with E-state index in [0.717, 1.165) is 5.56 Å². The predicted molar refractivity (Wildman–Crippen MR) is 74.6 cm³/mol. The average molecular weight is 299 g/mol. The molecule has 112 valence electrons. The van der Waals surface area contributed by atoms with Crippen molar-refractivity contribution in [3.05, 3.63) is 24.3 Å². The van der Waals surface area contributed by atoms with Crippen molar-refractivity contribution in [2.75, 3.05) is 5.32 Å². The molecular weight excluding hydrogens is 286 g/mol. The Hall–Kier alpha value is -2.77. The van der Waals surface area contributed by atoms with E-state index in [1.807, 2.05) is 6.07 Å². The van der Waals surface area contributed by atoms with Crippen molar-refractivity contribution >= 4 is 17.6 Å². The summed E-state index contributed by atoms with van der Waals surface area (Å²) in [6.07, 6.45) is 1.31. The van der Waals surface area contributed by atoms with Crippen LogP contribution in [0.25, 0.3) is 11.4 Å². The van der Waals surface area contributed by atoms with Crippen molar-refractivity contribution in [3.8, 4) is 11.4 Å². The quantitative estimate of drug-likeness (QED) is 0.776. The number of carbonyl (C=O) groups excluding carboxylic acids is 1. The highest BCUT2D eigenvalue weighted by atomic mass is 16.4. The number of aromatic amines is 1. The van der Waals surface area contributed by atoms with Crippen LogP contribution >= 0.6 is 0 Å². The number of carboxylic acid groups (broad SMARTS) is 1. The van der Waals surface area contributed by atoms with Crippen LogP contribution in [-0.4, -0.2) is 37.6 Å². The zero-order valence-corrected chi connectivity index (χ0v) is 11.5. The highest BCUT2D eigenvalue weighted by molar-refractivity contribution is 6.01. The molecule has 0 aliphatic heterocycles. The van der Waals surface area contributed by atoms with Gasteiger partial charge in [-0.05, 0) is 36.6 Å². The minimum absolute atomic E-state index is 0.110. The predicted octanol–water partition coefficient (Wildman–Crippen LogP) is 1.06. The molecule has 1 aromatic heterocycles. The molecule has 3 aliphatic rings. The number of H-pyrrole nitrogens is 1. The van der Waals surface area contributed by atoms with Gasteiger partial charge in [-0.3, -0.25) is 9.59 Å². The van der Waals surface area contributed by atoms with E-state index < -0.39 is 16.8 Å². The van der Waals surface area contributed by atoms with Gasteiger partial charge >= 0.3 is 5.97 Å². The number of hydrogen-bond acceptors (Lipinski definition) is 5. The first-order valence-corrected chi connectivity index (χ1v) is 6.92. The van der Waals surface area contributed by atoms with Gasteiger partial charge in [0.05, 0.1) is 10.8 Å². The summed E-state index contributed by atoms with van der Waals surface area (Å²) < 4.78 is 0. The number of carbonyl (C=O) groups is 2. The minimum Gasteiger partial charge on any atom is -0.481 e. The molecule has 8 heteroatoms. The molecule has 3 fully saturated rings. The Labute approximate surface area is 124 Å². The van der Waals surface area contributed by atoms with Gasteiger partial charge in [0.15, 0.2) is 0 Å². The third-order valence-corrected chi connectivity index (χ3v) is 4.69. The van der Waals surface area contributed by atoms with Crippen molar-refractivity contribution in [1.29, 1.82) is 0 Å². The Morgan fingerprint density at radius 3 is 2.64 bits per heavy atom. The summed E-state index contributed by atoms with van der Waals surface area (Å²) in [4.78, 5) is 23.4. The molecule has 1 heterocycles. The second-order valence-electron chi connectivity index (χ2n) is 6.17. The molecule has 22 heavy (non-hydrogen) atoms. The lowest BCUT2D eigenvalue weighted by Gasteiger charge is -2.66. The van der Waals surface area contributed by atoms with Gasteiger partial charge in [-0.2, -0.15) is 5.21 Å². The van der Waals surface area contributed by atoms with Crippen LogP contribution < -0.4 is 5.32 Å². The summed E-state index contributed by atoms with van der Waals surface area (Å²) in [6, 6.07) is 7.16. The molecule has 2 aromatic rings. The van der Waals surface area contributed by atoms with Crippen LogP contribution in [-0.2, 0) is 9.59 Å². The second-order valence-corrected chi connectivity index (χ2v) is 6.17. The number of anilines is 1. The summed E-state index contributed by atoms with van der Waals surface area (Å²) in [5, 5.41) is 25.6. The smallest absolute Gasteiger partial charge is 0.309 e. The van der Waals surface area contributed by atoms with Crippen LogP contribution in [0.5, 0.6) is 0 Å². The lowest BCUT2D eigenvalue weighted by Crippen LogP contribution is -2.69. The van der Waals surface area contributed by atoms with E-state index in [2.05, 4.69) is 25.9 Å². The van der Waals surface area contributed by atoms with E-state index in [9.17, 15) is 9.59 Å². The second kappa shape index (κ2) is 4.12. The van der Waals surface area contributed by atoms with E-state index in [1.54, 1.807) is 18.2 Å². The molecule has 2 bridgehead atoms. The van der Waals surface area contributed by atoms with E-state index in [4.69, 9.17) is 5.11 Å². The van der Waals surface area contributed by atoms with Crippen molar-refractivity contribution in [2.45, 2.75) is 19.3 Å². The zero-order chi connectivity index (χ0) is 15.4. The number of aromatic nitrogens is 4. The number of carboxylic acids is 1. The molecule has 8 nitrogen and oxygen atoms in total. The first-order chi connectivity index (χ1) is 10.5. The molecule has 5 rings (SSSR count). The molecule has 1 aromatic carbocycles. The molecule has 0 unspecified atom stereocenters. The first kappa shape index (κ1) is 12.9. The topological polar surface area (TPSA) is 121 Å². The molecule has 0 spiro atoms. The SMILES string of the molecule is O=C(O)C12CC(C(=O)Nc3cccc(-c4nn[nH]n4)c3)(C1)C2. The van der Waals surface area contributed by atoms with Crippen LogP contribution in [0.2, 0.25) is 0 Å².